The van der Waals surface area contributed by atoms with E-state index in [0.717, 1.165) is 10.2 Å². The Balaban J connectivity index is 2.18. The highest BCUT2D eigenvalue weighted by molar-refractivity contribution is 14.1. The lowest BCUT2D eigenvalue weighted by Crippen LogP contribution is -2.07. The number of nitrogens with one attached hydrogen (secondary N) is 1. The van der Waals surface area contributed by atoms with E-state index in [1.807, 2.05) is 0 Å². The van der Waals surface area contributed by atoms with Crippen molar-refractivity contribution in [3.05, 3.63) is 59.6 Å². The second-order valence-corrected chi connectivity index (χ2v) is 7.37. The van der Waals surface area contributed by atoms with Crippen LogP contribution in [0.5, 0.6) is 0 Å². The van der Waals surface area contributed by atoms with Gasteiger partial charge in [-0.1, -0.05) is 28.1 Å². The summed E-state index contributed by atoms with van der Waals surface area (Å²) in [5.74, 6) is 0. The van der Waals surface area contributed by atoms with Crippen molar-refractivity contribution in [2.45, 2.75) is 13.0 Å². The third kappa shape index (κ3) is 3.84. The molecular formula is C14H12BrI2N. The van der Waals surface area contributed by atoms with E-state index >= 15 is 0 Å². The number of benzene rings is 2. The largest absolute Gasteiger partial charge is 0.378 e. The molecule has 0 aliphatic rings. The van der Waals surface area contributed by atoms with E-state index in [2.05, 4.69) is 116 Å². The monoisotopic (exact) mass is 527 g/mol. The number of hydrogen-bond acceptors (Lipinski definition) is 1. The quantitative estimate of drug-likeness (QED) is 0.495. The third-order valence-corrected chi connectivity index (χ3v) is 4.82. The maximum absolute atomic E-state index is 3.55. The highest BCUT2D eigenvalue weighted by Crippen LogP contribution is 2.27. The first-order chi connectivity index (χ1) is 8.56. The maximum Gasteiger partial charge on any atom is 0.0491 e. The molecule has 0 spiro atoms. The minimum absolute atomic E-state index is 0.296. The molecule has 0 bridgehead atoms. The fourth-order valence-corrected chi connectivity index (χ4v) is 2.89. The van der Waals surface area contributed by atoms with Gasteiger partial charge in [0.15, 0.2) is 0 Å². The van der Waals surface area contributed by atoms with Crippen molar-refractivity contribution in [2.24, 2.45) is 0 Å². The Morgan fingerprint density at radius 1 is 1.06 bits per heavy atom. The molecule has 0 radical (unpaired) electrons. The van der Waals surface area contributed by atoms with Crippen molar-refractivity contribution in [1.82, 2.24) is 0 Å². The summed E-state index contributed by atoms with van der Waals surface area (Å²) in [5.41, 5.74) is 2.46. The zero-order chi connectivity index (χ0) is 13.1. The van der Waals surface area contributed by atoms with E-state index in [1.165, 1.54) is 12.7 Å². The summed E-state index contributed by atoms with van der Waals surface area (Å²) in [7, 11) is 0. The minimum Gasteiger partial charge on any atom is -0.378 e. The molecule has 1 unspecified atom stereocenters. The Morgan fingerprint density at radius 3 is 2.39 bits per heavy atom. The molecule has 0 saturated heterocycles. The van der Waals surface area contributed by atoms with Gasteiger partial charge in [0.25, 0.3) is 0 Å². The summed E-state index contributed by atoms with van der Waals surface area (Å²) in [6, 6.07) is 15.2. The SMILES string of the molecule is CC(Nc1cc(Br)ccc1I)c1ccc(I)cc1. The highest BCUT2D eigenvalue weighted by atomic mass is 127. The molecule has 2 aromatic rings. The molecule has 18 heavy (non-hydrogen) atoms. The lowest BCUT2D eigenvalue weighted by molar-refractivity contribution is 0.883. The molecule has 0 amide bonds. The van der Waals surface area contributed by atoms with Crippen LogP contribution < -0.4 is 5.32 Å². The molecule has 0 aromatic heterocycles. The fourth-order valence-electron chi connectivity index (χ4n) is 1.68. The topological polar surface area (TPSA) is 12.0 Å². The van der Waals surface area contributed by atoms with Gasteiger partial charge in [-0.3, -0.25) is 0 Å². The van der Waals surface area contributed by atoms with E-state index < -0.39 is 0 Å². The van der Waals surface area contributed by atoms with Crippen molar-refractivity contribution in [1.29, 1.82) is 0 Å². The van der Waals surface area contributed by atoms with Gasteiger partial charge in [-0.25, -0.2) is 0 Å². The standard InChI is InChI=1S/C14H12BrI2N/c1-9(10-2-5-12(16)6-3-10)18-14-8-11(15)4-7-13(14)17/h2-9,18H,1H3. The van der Waals surface area contributed by atoms with Gasteiger partial charge in [0.1, 0.15) is 0 Å². The van der Waals surface area contributed by atoms with Crippen molar-refractivity contribution >= 4 is 66.8 Å². The number of rotatable bonds is 3. The van der Waals surface area contributed by atoms with Gasteiger partial charge in [0, 0.05) is 23.3 Å². The van der Waals surface area contributed by atoms with Crippen LogP contribution in [-0.2, 0) is 0 Å². The fraction of sp³-hybridized carbons (Fsp3) is 0.143. The molecule has 1 N–H and O–H groups in total. The summed E-state index contributed by atoms with van der Waals surface area (Å²) in [4.78, 5) is 0. The molecular weight excluding hydrogens is 516 g/mol. The van der Waals surface area contributed by atoms with Crippen LogP contribution in [0.2, 0.25) is 0 Å². The summed E-state index contributed by atoms with van der Waals surface area (Å²) in [6.45, 7) is 2.18. The first-order valence-corrected chi connectivity index (χ1v) is 8.48. The summed E-state index contributed by atoms with van der Waals surface area (Å²) < 4.78 is 3.59. The van der Waals surface area contributed by atoms with Crippen LogP contribution in [-0.4, -0.2) is 0 Å². The van der Waals surface area contributed by atoms with E-state index in [-0.39, 0.29) is 0 Å². The molecule has 2 aromatic carbocycles. The van der Waals surface area contributed by atoms with Crippen LogP contribution >= 0.6 is 61.1 Å². The van der Waals surface area contributed by atoms with Gasteiger partial charge in [-0.2, -0.15) is 0 Å². The zero-order valence-electron chi connectivity index (χ0n) is 9.75. The number of hydrogen-bond donors (Lipinski definition) is 1. The van der Waals surface area contributed by atoms with Gasteiger partial charge in [0.2, 0.25) is 0 Å². The van der Waals surface area contributed by atoms with Crippen molar-refractivity contribution in [3.8, 4) is 0 Å². The maximum atomic E-state index is 3.55. The molecule has 2 rings (SSSR count). The van der Waals surface area contributed by atoms with Crippen LogP contribution in [0.3, 0.4) is 0 Å². The van der Waals surface area contributed by atoms with Crippen molar-refractivity contribution < 1.29 is 0 Å². The predicted molar refractivity (Wildman–Crippen MR) is 98.1 cm³/mol. The summed E-state index contributed by atoms with van der Waals surface area (Å²) in [6.07, 6.45) is 0. The first kappa shape index (κ1) is 14.6. The molecule has 0 aliphatic carbocycles. The minimum atomic E-state index is 0.296. The first-order valence-electron chi connectivity index (χ1n) is 5.53. The lowest BCUT2D eigenvalue weighted by atomic mass is 10.1. The number of halogens is 3. The summed E-state index contributed by atoms with van der Waals surface area (Å²) in [5, 5.41) is 3.55. The van der Waals surface area contributed by atoms with Gasteiger partial charge in [-0.05, 0) is 88.0 Å². The van der Waals surface area contributed by atoms with Gasteiger partial charge >= 0.3 is 0 Å². The van der Waals surface area contributed by atoms with Crippen LogP contribution in [0.15, 0.2) is 46.9 Å². The molecule has 4 heteroatoms. The average Bonchev–Trinajstić information content (AvgIpc) is 2.34. The zero-order valence-corrected chi connectivity index (χ0v) is 15.7. The van der Waals surface area contributed by atoms with Gasteiger partial charge < -0.3 is 5.32 Å². The van der Waals surface area contributed by atoms with Gasteiger partial charge in [-0.15, -0.1) is 0 Å². The second kappa shape index (κ2) is 6.56. The average molecular weight is 528 g/mol. The van der Waals surface area contributed by atoms with Crippen molar-refractivity contribution in [2.75, 3.05) is 5.32 Å². The van der Waals surface area contributed by atoms with Crippen LogP contribution in [0.4, 0.5) is 5.69 Å². The predicted octanol–water partition coefficient (Wildman–Crippen LogP) is 5.83. The number of anilines is 1. The molecule has 0 heterocycles. The molecule has 94 valence electrons. The van der Waals surface area contributed by atoms with Crippen LogP contribution in [0.25, 0.3) is 0 Å². The normalized spacial score (nSPS) is 12.2. The van der Waals surface area contributed by atoms with Crippen LogP contribution in [0, 0.1) is 7.14 Å². The van der Waals surface area contributed by atoms with E-state index in [4.69, 9.17) is 0 Å². The van der Waals surface area contributed by atoms with Gasteiger partial charge in [0.05, 0.1) is 0 Å². The van der Waals surface area contributed by atoms with Crippen LogP contribution in [0.1, 0.15) is 18.5 Å². The Morgan fingerprint density at radius 2 is 1.72 bits per heavy atom. The Kier molecular flexibility index (Phi) is 5.32. The molecule has 1 nitrogen and oxygen atoms in total. The van der Waals surface area contributed by atoms with E-state index in [9.17, 15) is 0 Å². The Bertz CT molecular complexity index is 540. The van der Waals surface area contributed by atoms with E-state index in [1.54, 1.807) is 0 Å². The highest BCUT2D eigenvalue weighted by Gasteiger charge is 2.07. The smallest absolute Gasteiger partial charge is 0.0491 e. The second-order valence-electron chi connectivity index (χ2n) is 4.04. The molecule has 0 aliphatic heterocycles. The van der Waals surface area contributed by atoms with Crippen molar-refractivity contribution in [3.63, 3.8) is 0 Å². The Labute approximate surface area is 143 Å². The van der Waals surface area contributed by atoms with E-state index in [0.29, 0.717) is 6.04 Å². The molecule has 0 fully saturated rings. The third-order valence-electron chi connectivity index (χ3n) is 2.67. The molecule has 0 saturated carbocycles. The Hall–Kier alpha value is 0.180. The summed E-state index contributed by atoms with van der Waals surface area (Å²) >= 11 is 8.18. The molecule has 1 atom stereocenters. The lowest BCUT2D eigenvalue weighted by Gasteiger charge is -2.17.